The van der Waals surface area contributed by atoms with Gasteiger partial charge in [0, 0.05) is 0 Å². The van der Waals surface area contributed by atoms with Crippen LogP contribution >= 0.6 is 0 Å². The Morgan fingerprint density at radius 1 is 0.769 bits per heavy atom. The third-order valence-corrected chi connectivity index (χ3v) is 0.402. The van der Waals surface area contributed by atoms with Crippen LogP contribution < -0.4 is 21.7 Å². The number of nitrogens with two attached hydrogens (primary N) is 2. The number of carbonyl (C=O) groups excluding carboxylic acids is 4. The Labute approximate surface area is 85.5 Å². The van der Waals surface area contributed by atoms with Gasteiger partial charge in [0.1, 0.15) is 11.9 Å². The second kappa shape index (κ2) is 8.64. The first kappa shape index (κ1) is 17.6. The molecule has 0 aliphatic rings. The number of hydrogen-bond donors (Lipinski definition) is 2. The molecule has 0 bridgehead atoms. The summed E-state index contributed by atoms with van der Waals surface area (Å²) in [4.78, 5) is 36.7. The van der Waals surface area contributed by atoms with Gasteiger partial charge in [-0.25, -0.2) is 0 Å². The molecule has 0 atom stereocenters. The van der Waals surface area contributed by atoms with Crippen molar-refractivity contribution < 1.29 is 49.8 Å². The summed E-state index contributed by atoms with van der Waals surface area (Å²) in [5.74, 6) is -6.57. The summed E-state index contributed by atoms with van der Waals surface area (Å²) in [7, 11) is 0. The van der Waals surface area contributed by atoms with Gasteiger partial charge in [-0.05, 0) is 0 Å². The molecule has 0 saturated heterocycles. The van der Waals surface area contributed by atoms with Crippen LogP contribution in [0.3, 0.4) is 0 Å². The normalized spacial score (nSPS) is 6.77. The second-order valence-corrected chi connectivity index (χ2v) is 1.30. The van der Waals surface area contributed by atoms with Gasteiger partial charge in [0.15, 0.2) is 0 Å². The number of carbonyl (C=O) groups is 4. The van der Waals surface area contributed by atoms with Crippen molar-refractivity contribution in [2.45, 2.75) is 0 Å². The largest absolute Gasteiger partial charge is 2.00 e. The van der Waals surface area contributed by atoms with Crippen molar-refractivity contribution in [2.24, 2.45) is 11.5 Å². The Morgan fingerprint density at radius 2 is 0.846 bits per heavy atom. The molecule has 0 fully saturated rings. The predicted molar refractivity (Wildman–Crippen MR) is 28.4 cm³/mol. The molecule has 2 amide bonds. The number of primary amides is 2. The SMILES string of the molecule is NC(=O)C(=O)[O-].NC(=O)C(=O)[O-].[Pd+2]. The second-order valence-electron chi connectivity index (χ2n) is 1.30. The number of carboxylic acid groups (broad SMARTS) is 2. The Hall–Kier alpha value is -1.46. The van der Waals surface area contributed by atoms with Crippen LogP contribution in [0.1, 0.15) is 0 Å². The summed E-state index contributed by atoms with van der Waals surface area (Å²) in [6.07, 6.45) is 0. The summed E-state index contributed by atoms with van der Waals surface area (Å²) in [5.41, 5.74) is 8.27. The number of rotatable bonds is 0. The van der Waals surface area contributed by atoms with Crippen LogP contribution in [0.2, 0.25) is 0 Å². The molecule has 0 radical (unpaired) electrons. The van der Waals surface area contributed by atoms with E-state index in [1.807, 2.05) is 0 Å². The summed E-state index contributed by atoms with van der Waals surface area (Å²) >= 11 is 0. The van der Waals surface area contributed by atoms with E-state index in [0.29, 0.717) is 0 Å². The van der Waals surface area contributed by atoms with E-state index in [0.717, 1.165) is 0 Å². The van der Waals surface area contributed by atoms with Crippen molar-refractivity contribution in [1.82, 2.24) is 0 Å². The minimum atomic E-state index is -1.85. The molecule has 8 nitrogen and oxygen atoms in total. The minimum Gasteiger partial charge on any atom is -0.540 e. The van der Waals surface area contributed by atoms with Gasteiger partial charge in [-0.1, -0.05) is 0 Å². The number of amides is 2. The Morgan fingerprint density at radius 3 is 0.846 bits per heavy atom. The predicted octanol–water partition coefficient (Wildman–Crippen LogP) is -5.56. The van der Waals surface area contributed by atoms with Crippen LogP contribution in [0, 0.1) is 0 Å². The standard InChI is InChI=1S/2C2H3NO3.Pd/c2*3-1(4)2(5)6;/h2*(H2,3,4)(H,5,6);/q;;+2/p-2. The topological polar surface area (TPSA) is 166 Å². The van der Waals surface area contributed by atoms with Crippen LogP contribution in [0.25, 0.3) is 0 Å². The van der Waals surface area contributed by atoms with Gasteiger partial charge < -0.3 is 31.3 Å². The Kier molecular flexibility index (Phi) is 11.7. The van der Waals surface area contributed by atoms with E-state index < -0.39 is 23.8 Å². The van der Waals surface area contributed by atoms with E-state index >= 15 is 0 Å². The first-order valence-corrected chi connectivity index (χ1v) is 2.30. The monoisotopic (exact) mass is 282 g/mol. The minimum absolute atomic E-state index is 0. The molecule has 0 aromatic heterocycles. The maximum absolute atomic E-state index is 9.26. The quantitative estimate of drug-likeness (QED) is 0.332. The van der Waals surface area contributed by atoms with Crippen molar-refractivity contribution in [3.8, 4) is 0 Å². The maximum Gasteiger partial charge on any atom is 2.00 e. The number of aliphatic carboxylic acids is 2. The Bertz CT molecular complexity index is 179. The molecule has 4 N–H and O–H groups in total. The molecular formula is C4H4N2O6Pd. The zero-order valence-electron chi connectivity index (χ0n) is 5.92. The van der Waals surface area contributed by atoms with Gasteiger partial charge in [0.05, 0.1) is 0 Å². The van der Waals surface area contributed by atoms with Gasteiger partial charge in [-0.2, -0.15) is 0 Å². The fourth-order valence-electron chi connectivity index (χ4n) is 0. The third-order valence-electron chi connectivity index (χ3n) is 0.402. The molecule has 13 heavy (non-hydrogen) atoms. The number of carboxylic acids is 2. The molecule has 0 heterocycles. The van der Waals surface area contributed by atoms with Gasteiger partial charge in [-0.15, -0.1) is 0 Å². The maximum atomic E-state index is 9.26. The van der Waals surface area contributed by atoms with Crippen LogP contribution in [0.15, 0.2) is 0 Å². The smallest absolute Gasteiger partial charge is 0.540 e. The number of hydrogen-bond acceptors (Lipinski definition) is 6. The molecule has 0 aromatic rings. The summed E-state index contributed by atoms with van der Waals surface area (Å²) < 4.78 is 0. The van der Waals surface area contributed by atoms with E-state index in [4.69, 9.17) is 19.8 Å². The first-order chi connectivity index (χ1) is 5.29. The zero-order chi connectivity index (χ0) is 10.3. The first-order valence-electron chi connectivity index (χ1n) is 2.30. The molecule has 76 valence electrons. The van der Waals surface area contributed by atoms with E-state index in [-0.39, 0.29) is 20.4 Å². The molecule has 0 saturated carbocycles. The van der Waals surface area contributed by atoms with E-state index in [9.17, 15) is 9.59 Å². The molecule has 9 heteroatoms. The molecule has 0 aromatic carbocycles. The van der Waals surface area contributed by atoms with Crippen LogP contribution in [-0.4, -0.2) is 23.8 Å². The Balaban J connectivity index is -0.000000143. The van der Waals surface area contributed by atoms with E-state index in [1.165, 1.54) is 0 Å². The van der Waals surface area contributed by atoms with E-state index in [2.05, 4.69) is 11.5 Å². The zero-order valence-corrected chi connectivity index (χ0v) is 7.48. The van der Waals surface area contributed by atoms with Crippen molar-refractivity contribution in [3.63, 3.8) is 0 Å². The molecule has 0 unspecified atom stereocenters. The van der Waals surface area contributed by atoms with Crippen molar-refractivity contribution in [3.05, 3.63) is 0 Å². The van der Waals surface area contributed by atoms with E-state index in [1.54, 1.807) is 0 Å². The van der Waals surface area contributed by atoms with Gasteiger partial charge in [-0.3, -0.25) is 9.59 Å². The van der Waals surface area contributed by atoms with Crippen molar-refractivity contribution in [2.75, 3.05) is 0 Å². The van der Waals surface area contributed by atoms with Crippen LogP contribution in [0.5, 0.6) is 0 Å². The molecule has 0 aliphatic heterocycles. The summed E-state index contributed by atoms with van der Waals surface area (Å²) in [6.45, 7) is 0. The summed E-state index contributed by atoms with van der Waals surface area (Å²) in [6, 6.07) is 0. The molecular weight excluding hydrogens is 278 g/mol. The van der Waals surface area contributed by atoms with Crippen LogP contribution in [-0.2, 0) is 39.6 Å². The van der Waals surface area contributed by atoms with Crippen molar-refractivity contribution >= 4 is 23.8 Å². The third kappa shape index (κ3) is 18.0. The molecule has 0 rings (SSSR count). The van der Waals surface area contributed by atoms with Gasteiger partial charge in [0.2, 0.25) is 0 Å². The average Bonchev–Trinajstić information content (AvgIpc) is 1.88. The molecule has 0 spiro atoms. The van der Waals surface area contributed by atoms with Crippen molar-refractivity contribution in [1.29, 1.82) is 0 Å². The van der Waals surface area contributed by atoms with Crippen LogP contribution in [0.4, 0.5) is 0 Å². The average molecular weight is 283 g/mol. The fraction of sp³-hybridized carbons (Fsp3) is 0. The van der Waals surface area contributed by atoms with Gasteiger partial charge >= 0.3 is 20.4 Å². The summed E-state index contributed by atoms with van der Waals surface area (Å²) in [5, 5.41) is 18.2. The van der Waals surface area contributed by atoms with Gasteiger partial charge in [0.25, 0.3) is 11.8 Å². The molecule has 0 aliphatic carbocycles. The fourth-order valence-corrected chi connectivity index (χ4v) is 0.